The number of carbonyl (C=O) groups excluding carboxylic acids is 2. The van der Waals surface area contributed by atoms with Gasteiger partial charge >= 0.3 is 0 Å². The molecule has 2 aliphatic carbocycles. The molecule has 0 unspecified atom stereocenters. The summed E-state index contributed by atoms with van der Waals surface area (Å²) < 4.78 is 0. The molecule has 1 aromatic rings. The SMILES string of the molecule is O=C(Nc1ccc2c(c1)CCC2)[C@@H]1CC(=O)N(C2CCCC2)C1. The number of amides is 2. The van der Waals surface area contributed by atoms with Crippen molar-refractivity contribution < 1.29 is 9.59 Å². The third kappa shape index (κ3) is 2.87. The highest BCUT2D eigenvalue weighted by Gasteiger charge is 2.38. The first-order valence-corrected chi connectivity index (χ1v) is 8.93. The molecule has 1 saturated heterocycles. The summed E-state index contributed by atoms with van der Waals surface area (Å²) in [4.78, 5) is 26.7. The van der Waals surface area contributed by atoms with Crippen LogP contribution in [-0.4, -0.2) is 29.3 Å². The highest BCUT2D eigenvalue weighted by Crippen LogP contribution is 2.30. The largest absolute Gasteiger partial charge is 0.339 e. The molecule has 0 bridgehead atoms. The third-order valence-corrected chi connectivity index (χ3v) is 5.66. The molecule has 1 heterocycles. The molecule has 4 heteroatoms. The van der Waals surface area contributed by atoms with Gasteiger partial charge in [0, 0.05) is 24.7 Å². The Morgan fingerprint density at radius 2 is 1.87 bits per heavy atom. The van der Waals surface area contributed by atoms with E-state index in [4.69, 9.17) is 0 Å². The fourth-order valence-corrected chi connectivity index (χ4v) is 4.37. The van der Waals surface area contributed by atoms with Crippen molar-refractivity contribution >= 4 is 17.5 Å². The first-order chi connectivity index (χ1) is 11.2. The Morgan fingerprint density at radius 1 is 1.09 bits per heavy atom. The molecule has 1 saturated carbocycles. The maximum Gasteiger partial charge on any atom is 0.229 e. The Hall–Kier alpha value is -1.84. The number of fused-ring (bicyclic) bond motifs is 1. The smallest absolute Gasteiger partial charge is 0.229 e. The van der Waals surface area contributed by atoms with E-state index < -0.39 is 0 Å². The second-order valence-corrected chi connectivity index (χ2v) is 7.21. The molecule has 3 aliphatic rings. The molecule has 0 aromatic heterocycles. The van der Waals surface area contributed by atoms with Crippen LogP contribution in [0.15, 0.2) is 18.2 Å². The van der Waals surface area contributed by atoms with Crippen molar-refractivity contribution in [1.82, 2.24) is 4.90 Å². The van der Waals surface area contributed by atoms with Gasteiger partial charge in [0.15, 0.2) is 0 Å². The summed E-state index contributed by atoms with van der Waals surface area (Å²) in [6.45, 7) is 0.597. The lowest BCUT2D eigenvalue weighted by molar-refractivity contribution is -0.129. The molecule has 1 aliphatic heterocycles. The van der Waals surface area contributed by atoms with Gasteiger partial charge in [-0.15, -0.1) is 0 Å². The van der Waals surface area contributed by atoms with E-state index in [1.165, 1.54) is 30.4 Å². The van der Waals surface area contributed by atoms with E-state index in [2.05, 4.69) is 17.4 Å². The highest BCUT2D eigenvalue weighted by atomic mass is 16.2. The monoisotopic (exact) mass is 312 g/mol. The number of benzene rings is 1. The summed E-state index contributed by atoms with van der Waals surface area (Å²) in [5, 5.41) is 3.03. The Morgan fingerprint density at radius 3 is 2.70 bits per heavy atom. The zero-order valence-electron chi connectivity index (χ0n) is 13.5. The van der Waals surface area contributed by atoms with Gasteiger partial charge in [-0.1, -0.05) is 18.9 Å². The second kappa shape index (κ2) is 5.99. The fraction of sp³-hybridized carbons (Fsp3) is 0.579. The van der Waals surface area contributed by atoms with E-state index in [9.17, 15) is 9.59 Å². The highest BCUT2D eigenvalue weighted by molar-refractivity contribution is 5.97. The Labute approximate surface area is 137 Å². The maximum absolute atomic E-state index is 12.5. The zero-order valence-corrected chi connectivity index (χ0v) is 13.5. The van der Waals surface area contributed by atoms with Crippen LogP contribution in [0.25, 0.3) is 0 Å². The molecule has 4 nitrogen and oxygen atoms in total. The van der Waals surface area contributed by atoms with Gasteiger partial charge in [-0.2, -0.15) is 0 Å². The normalized spacial score (nSPS) is 24.3. The first-order valence-electron chi connectivity index (χ1n) is 8.93. The molecular formula is C19H24N2O2. The lowest BCUT2D eigenvalue weighted by Gasteiger charge is -2.23. The van der Waals surface area contributed by atoms with E-state index in [0.717, 1.165) is 31.4 Å². The number of hydrogen-bond acceptors (Lipinski definition) is 2. The van der Waals surface area contributed by atoms with Crippen LogP contribution in [0.2, 0.25) is 0 Å². The summed E-state index contributed by atoms with van der Waals surface area (Å²) in [5.41, 5.74) is 3.65. The maximum atomic E-state index is 12.5. The number of aryl methyl sites for hydroxylation is 2. The van der Waals surface area contributed by atoms with Gasteiger partial charge in [0.1, 0.15) is 0 Å². The van der Waals surface area contributed by atoms with Crippen LogP contribution in [0.1, 0.15) is 49.7 Å². The van der Waals surface area contributed by atoms with Gasteiger partial charge in [-0.25, -0.2) is 0 Å². The summed E-state index contributed by atoms with van der Waals surface area (Å²) in [7, 11) is 0. The van der Waals surface area contributed by atoms with Crippen LogP contribution in [0, 0.1) is 5.92 Å². The molecule has 1 aromatic carbocycles. The first kappa shape index (κ1) is 14.7. The van der Waals surface area contributed by atoms with Gasteiger partial charge < -0.3 is 10.2 Å². The molecule has 2 fully saturated rings. The van der Waals surface area contributed by atoms with Crippen molar-refractivity contribution in [2.75, 3.05) is 11.9 Å². The predicted molar refractivity (Wildman–Crippen MR) is 89.2 cm³/mol. The molecule has 1 N–H and O–H groups in total. The van der Waals surface area contributed by atoms with Gasteiger partial charge in [0.25, 0.3) is 0 Å². The van der Waals surface area contributed by atoms with Crippen LogP contribution in [0.5, 0.6) is 0 Å². The number of likely N-dealkylation sites (tertiary alicyclic amines) is 1. The van der Waals surface area contributed by atoms with Crippen LogP contribution in [-0.2, 0) is 22.4 Å². The fourth-order valence-electron chi connectivity index (χ4n) is 4.37. The van der Waals surface area contributed by atoms with Gasteiger partial charge in [-0.05, 0) is 55.4 Å². The van der Waals surface area contributed by atoms with E-state index in [-0.39, 0.29) is 17.7 Å². The van der Waals surface area contributed by atoms with E-state index >= 15 is 0 Å². The van der Waals surface area contributed by atoms with Crippen LogP contribution in [0.3, 0.4) is 0 Å². The Kier molecular flexibility index (Phi) is 3.83. The molecule has 4 rings (SSSR count). The van der Waals surface area contributed by atoms with E-state index in [1.807, 2.05) is 11.0 Å². The lowest BCUT2D eigenvalue weighted by atomic mass is 10.1. The summed E-state index contributed by atoms with van der Waals surface area (Å²) in [6.07, 6.45) is 8.46. The van der Waals surface area contributed by atoms with E-state index in [1.54, 1.807) is 0 Å². The molecule has 0 spiro atoms. The van der Waals surface area contributed by atoms with Crippen LogP contribution < -0.4 is 5.32 Å². The standard InChI is InChI=1S/C19H24N2O2/c22-18-11-15(12-21(18)17-6-1-2-7-17)19(23)20-16-9-8-13-4-3-5-14(13)10-16/h8-10,15,17H,1-7,11-12H2,(H,20,23)/t15-/m1/s1. The van der Waals surface area contributed by atoms with Gasteiger partial charge in [-0.3, -0.25) is 9.59 Å². The average molecular weight is 312 g/mol. The Bertz CT molecular complexity index is 634. The van der Waals surface area contributed by atoms with E-state index in [0.29, 0.717) is 19.0 Å². The van der Waals surface area contributed by atoms with Crippen LogP contribution >= 0.6 is 0 Å². The summed E-state index contributed by atoms with van der Waals surface area (Å²) in [6, 6.07) is 6.60. The number of hydrogen-bond donors (Lipinski definition) is 1. The third-order valence-electron chi connectivity index (χ3n) is 5.66. The minimum Gasteiger partial charge on any atom is -0.339 e. The predicted octanol–water partition coefficient (Wildman–Crippen LogP) is 2.90. The van der Waals surface area contributed by atoms with Crippen LogP contribution in [0.4, 0.5) is 5.69 Å². The average Bonchev–Trinajstić information content (AvgIpc) is 3.26. The summed E-state index contributed by atoms with van der Waals surface area (Å²) in [5.74, 6) is -0.0425. The molecule has 0 radical (unpaired) electrons. The van der Waals surface area contributed by atoms with Gasteiger partial charge in [0.2, 0.25) is 11.8 Å². The minimum absolute atomic E-state index is 0.00297. The van der Waals surface area contributed by atoms with Crippen molar-refractivity contribution in [2.45, 2.75) is 57.4 Å². The number of rotatable bonds is 3. The number of carbonyl (C=O) groups is 2. The van der Waals surface area contributed by atoms with Gasteiger partial charge in [0.05, 0.1) is 5.92 Å². The number of anilines is 1. The number of nitrogens with one attached hydrogen (secondary N) is 1. The number of nitrogens with zero attached hydrogens (tertiary/aromatic N) is 1. The second-order valence-electron chi connectivity index (χ2n) is 7.21. The topological polar surface area (TPSA) is 49.4 Å². The molecule has 122 valence electrons. The van der Waals surface area contributed by atoms with Crippen molar-refractivity contribution in [1.29, 1.82) is 0 Å². The Balaban J connectivity index is 1.40. The molecule has 1 atom stereocenters. The quantitative estimate of drug-likeness (QED) is 0.933. The molecule has 23 heavy (non-hydrogen) atoms. The van der Waals surface area contributed by atoms with Crippen molar-refractivity contribution in [3.8, 4) is 0 Å². The minimum atomic E-state index is -0.198. The lowest BCUT2D eigenvalue weighted by Crippen LogP contribution is -2.35. The molecule has 2 amide bonds. The summed E-state index contributed by atoms with van der Waals surface area (Å²) >= 11 is 0. The van der Waals surface area contributed by atoms with Crippen molar-refractivity contribution in [2.24, 2.45) is 5.92 Å². The van der Waals surface area contributed by atoms with Crippen molar-refractivity contribution in [3.05, 3.63) is 29.3 Å². The molecular weight excluding hydrogens is 288 g/mol. The van der Waals surface area contributed by atoms with Crippen molar-refractivity contribution in [3.63, 3.8) is 0 Å². The zero-order chi connectivity index (χ0) is 15.8.